The van der Waals surface area contributed by atoms with Crippen LogP contribution in [0.2, 0.25) is 0 Å². The van der Waals surface area contributed by atoms with Gasteiger partial charge in [0.15, 0.2) is 0 Å². The number of phenolic OH excluding ortho intramolecular Hbond substituents is 1. The Hall–Kier alpha value is -2.50. The highest BCUT2D eigenvalue weighted by Gasteiger charge is 2.16. The highest BCUT2D eigenvalue weighted by Crippen LogP contribution is 2.23. The predicted octanol–water partition coefficient (Wildman–Crippen LogP) is 3.04. The molecule has 3 heterocycles. The molecule has 2 aromatic heterocycles. The van der Waals surface area contributed by atoms with E-state index < -0.39 is 0 Å². The quantitative estimate of drug-likeness (QED) is 0.785. The standard InChI is InChI=1S/C21H24N4O/c26-20-4-1-3-18-5-6-19(23-21(18)20)16-25-12-2-11-24(13-14-25)15-17-7-9-22-10-8-17/h1,3-10,26H,2,11-16H2. The summed E-state index contributed by atoms with van der Waals surface area (Å²) in [6, 6.07) is 13.8. The summed E-state index contributed by atoms with van der Waals surface area (Å²) in [7, 11) is 0. The third-order valence-corrected chi connectivity index (χ3v) is 4.98. The predicted molar refractivity (Wildman–Crippen MR) is 103 cm³/mol. The highest BCUT2D eigenvalue weighted by molar-refractivity contribution is 5.84. The van der Waals surface area contributed by atoms with Crippen molar-refractivity contribution in [3.63, 3.8) is 0 Å². The number of hydrogen-bond donors (Lipinski definition) is 1. The Morgan fingerprint density at radius 2 is 1.62 bits per heavy atom. The van der Waals surface area contributed by atoms with Gasteiger partial charge in [0, 0.05) is 44.0 Å². The van der Waals surface area contributed by atoms with Crippen LogP contribution in [-0.2, 0) is 13.1 Å². The van der Waals surface area contributed by atoms with Gasteiger partial charge < -0.3 is 5.11 Å². The van der Waals surface area contributed by atoms with Crippen molar-refractivity contribution < 1.29 is 5.11 Å². The van der Waals surface area contributed by atoms with E-state index >= 15 is 0 Å². The van der Waals surface area contributed by atoms with Crippen LogP contribution in [0.15, 0.2) is 54.9 Å². The molecule has 1 aromatic carbocycles. The number of nitrogens with zero attached hydrogens (tertiary/aromatic N) is 4. The maximum absolute atomic E-state index is 10.0. The van der Waals surface area contributed by atoms with Crippen molar-refractivity contribution in [3.8, 4) is 5.75 Å². The zero-order valence-electron chi connectivity index (χ0n) is 14.9. The number of pyridine rings is 2. The number of phenols is 1. The number of rotatable bonds is 4. The third kappa shape index (κ3) is 4.00. The lowest BCUT2D eigenvalue weighted by molar-refractivity contribution is 0.245. The first-order chi connectivity index (χ1) is 12.8. The largest absolute Gasteiger partial charge is 0.506 e. The van der Waals surface area contributed by atoms with E-state index in [1.165, 1.54) is 5.56 Å². The molecule has 1 saturated heterocycles. The average Bonchev–Trinajstić information content (AvgIpc) is 2.88. The average molecular weight is 348 g/mol. The molecule has 0 bridgehead atoms. The molecule has 5 nitrogen and oxygen atoms in total. The lowest BCUT2D eigenvalue weighted by Gasteiger charge is -2.21. The van der Waals surface area contributed by atoms with Gasteiger partial charge in [0.05, 0.1) is 5.69 Å². The van der Waals surface area contributed by atoms with Gasteiger partial charge in [-0.05, 0) is 49.3 Å². The molecule has 4 rings (SSSR count). The van der Waals surface area contributed by atoms with E-state index in [1.54, 1.807) is 6.07 Å². The summed E-state index contributed by atoms with van der Waals surface area (Å²) in [4.78, 5) is 13.7. The summed E-state index contributed by atoms with van der Waals surface area (Å²) in [6.45, 7) is 6.09. The molecule has 134 valence electrons. The number of aromatic hydroxyl groups is 1. The molecule has 5 heteroatoms. The Morgan fingerprint density at radius 1 is 0.846 bits per heavy atom. The second kappa shape index (κ2) is 7.81. The second-order valence-corrected chi connectivity index (χ2v) is 6.91. The van der Waals surface area contributed by atoms with Crippen LogP contribution < -0.4 is 0 Å². The summed E-state index contributed by atoms with van der Waals surface area (Å²) < 4.78 is 0. The SMILES string of the molecule is Oc1cccc2ccc(CN3CCCN(Cc4ccncc4)CC3)nc12. The van der Waals surface area contributed by atoms with Crippen LogP contribution in [0.3, 0.4) is 0 Å². The number of fused-ring (bicyclic) bond motifs is 1. The van der Waals surface area contributed by atoms with Crippen molar-refractivity contribution in [1.82, 2.24) is 19.8 Å². The van der Waals surface area contributed by atoms with Gasteiger partial charge in [0.2, 0.25) is 0 Å². The first-order valence-corrected chi connectivity index (χ1v) is 9.19. The summed E-state index contributed by atoms with van der Waals surface area (Å²) >= 11 is 0. The first-order valence-electron chi connectivity index (χ1n) is 9.19. The minimum atomic E-state index is 0.253. The van der Waals surface area contributed by atoms with Crippen molar-refractivity contribution in [3.05, 3.63) is 66.1 Å². The molecular weight excluding hydrogens is 324 g/mol. The van der Waals surface area contributed by atoms with Crippen LogP contribution in [0.1, 0.15) is 17.7 Å². The van der Waals surface area contributed by atoms with E-state index in [0.29, 0.717) is 5.52 Å². The molecule has 0 saturated carbocycles. The maximum Gasteiger partial charge on any atom is 0.141 e. The van der Waals surface area contributed by atoms with Crippen LogP contribution in [0, 0.1) is 0 Å². The van der Waals surface area contributed by atoms with E-state index in [9.17, 15) is 5.11 Å². The van der Waals surface area contributed by atoms with Gasteiger partial charge in [-0.15, -0.1) is 0 Å². The van der Waals surface area contributed by atoms with Crippen LogP contribution in [-0.4, -0.2) is 51.1 Å². The Balaban J connectivity index is 1.39. The molecule has 1 fully saturated rings. The number of aromatic nitrogens is 2. The van der Waals surface area contributed by atoms with E-state index in [2.05, 4.69) is 38.0 Å². The van der Waals surface area contributed by atoms with Crippen LogP contribution in [0.4, 0.5) is 0 Å². The Morgan fingerprint density at radius 3 is 2.42 bits per heavy atom. The number of benzene rings is 1. The van der Waals surface area contributed by atoms with Gasteiger partial charge in [0.1, 0.15) is 11.3 Å². The van der Waals surface area contributed by atoms with Gasteiger partial charge in [-0.25, -0.2) is 4.98 Å². The van der Waals surface area contributed by atoms with Crippen LogP contribution in [0.25, 0.3) is 10.9 Å². The van der Waals surface area contributed by atoms with Gasteiger partial charge in [-0.2, -0.15) is 0 Å². The molecule has 0 unspecified atom stereocenters. The van der Waals surface area contributed by atoms with E-state index in [-0.39, 0.29) is 5.75 Å². The van der Waals surface area contributed by atoms with Crippen molar-refractivity contribution in [1.29, 1.82) is 0 Å². The molecule has 0 atom stereocenters. The second-order valence-electron chi connectivity index (χ2n) is 6.91. The molecule has 3 aromatic rings. The third-order valence-electron chi connectivity index (χ3n) is 4.98. The fourth-order valence-corrected chi connectivity index (χ4v) is 3.58. The summed E-state index contributed by atoms with van der Waals surface area (Å²) in [5, 5.41) is 11.0. The summed E-state index contributed by atoms with van der Waals surface area (Å²) in [6.07, 6.45) is 4.88. The normalized spacial score (nSPS) is 16.6. The molecule has 0 spiro atoms. The van der Waals surface area contributed by atoms with E-state index in [1.807, 2.05) is 30.6 Å². The smallest absolute Gasteiger partial charge is 0.141 e. The van der Waals surface area contributed by atoms with Gasteiger partial charge in [0.25, 0.3) is 0 Å². The molecule has 26 heavy (non-hydrogen) atoms. The topological polar surface area (TPSA) is 52.5 Å². The fourth-order valence-electron chi connectivity index (χ4n) is 3.58. The van der Waals surface area contributed by atoms with Crippen molar-refractivity contribution >= 4 is 10.9 Å². The fraction of sp³-hybridized carbons (Fsp3) is 0.333. The monoisotopic (exact) mass is 348 g/mol. The summed E-state index contributed by atoms with van der Waals surface area (Å²) in [5.41, 5.74) is 3.03. The lowest BCUT2D eigenvalue weighted by Crippen LogP contribution is -2.30. The molecule has 0 amide bonds. The van der Waals surface area contributed by atoms with Gasteiger partial charge in [-0.1, -0.05) is 18.2 Å². The van der Waals surface area contributed by atoms with E-state index in [4.69, 9.17) is 0 Å². The minimum absolute atomic E-state index is 0.253. The molecule has 1 aliphatic heterocycles. The molecule has 0 radical (unpaired) electrons. The Labute approximate surface area is 153 Å². The highest BCUT2D eigenvalue weighted by atomic mass is 16.3. The van der Waals surface area contributed by atoms with Gasteiger partial charge >= 0.3 is 0 Å². The maximum atomic E-state index is 10.0. The van der Waals surface area contributed by atoms with Crippen LogP contribution >= 0.6 is 0 Å². The molecule has 1 N–H and O–H groups in total. The number of hydrogen-bond acceptors (Lipinski definition) is 5. The summed E-state index contributed by atoms with van der Waals surface area (Å²) in [5.74, 6) is 0.253. The molecular formula is C21H24N4O. The zero-order chi connectivity index (χ0) is 17.8. The van der Waals surface area contributed by atoms with E-state index in [0.717, 1.165) is 56.8 Å². The molecule has 1 aliphatic rings. The number of para-hydroxylation sites is 1. The van der Waals surface area contributed by atoms with Crippen molar-refractivity contribution in [2.45, 2.75) is 19.5 Å². The molecule has 0 aliphatic carbocycles. The zero-order valence-corrected chi connectivity index (χ0v) is 14.9. The minimum Gasteiger partial charge on any atom is -0.506 e. The van der Waals surface area contributed by atoms with Crippen LogP contribution in [0.5, 0.6) is 5.75 Å². The Bertz CT molecular complexity index is 868. The van der Waals surface area contributed by atoms with Crippen molar-refractivity contribution in [2.24, 2.45) is 0 Å². The van der Waals surface area contributed by atoms with Gasteiger partial charge in [-0.3, -0.25) is 14.8 Å². The Kier molecular flexibility index (Phi) is 5.09. The lowest BCUT2D eigenvalue weighted by atomic mass is 10.2. The first kappa shape index (κ1) is 16.9. The van der Waals surface area contributed by atoms with Crippen molar-refractivity contribution in [2.75, 3.05) is 26.2 Å².